The van der Waals surface area contributed by atoms with Gasteiger partial charge >= 0.3 is 0 Å². The molecule has 0 spiro atoms. The standard InChI is InChI=1S/C21H27N3O2/c1-3-22-21(24-12-11-16-7-4-5-8-18(16)15-24)23-14-20(25)17-9-6-10-19(13-17)26-2/h4-10,13,20,25H,3,11-12,14-15H2,1-2H3,(H,22,23). The summed E-state index contributed by atoms with van der Waals surface area (Å²) in [6.07, 6.45) is 0.356. The Kier molecular flexibility index (Phi) is 6.12. The van der Waals surface area contributed by atoms with Gasteiger partial charge in [-0.3, -0.25) is 4.99 Å². The topological polar surface area (TPSA) is 57.1 Å². The molecular weight excluding hydrogens is 326 g/mol. The Morgan fingerprint density at radius 3 is 2.81 bits per heavy atom. The van der Waals surface area contributed by atoms with Crippen LogP contribution in [0.4, 0.5) is 0 Å². The van der Waals surface area contributed by atoms with Crippen LogP contribution in [0.15, 0.2) is 53.5 Å². The largest absolute Gasteiger partial charge is 0.497 e. The molecule has 5 nitrogen and oxygen atoms in total. The number of fused-ring (bicyclic) bond motifs is 1. The normalized spacial score (nSPS) is 15.3. The summed E-state index contributed by atoms with van der Waals surface area (Å²) in [7, 11) is 1.63. The van der Waals surface area contributed by atoms with Crippen molar-refractivity contribution in [1.82, 2.24) is 10.2 Å². The van der Waals surface area contributed by atoms with E-state index >= 15 is 0 Å². The maximum atomic E-state index is 10.5. The molecule has 5 heteroatoms. The molecule has 0 fully saturated rings. The lowest BCUT2D eigenvalue weighted by molar-refractivity contribution is 0.186. The molecule has 1 heterocycles. The Morgan fingerprint density at radius 1 is 1.23 bits per heavy atom. The molecule has 2 N–H and O–H groups in total. The molecule has 0 bridgehead atoms. The van der Waals surface area contributed by atoms with Gasteiger partial charge in [0, 0.05) is 19.6 Å². The number of aliphatic hydroxyl groups is 1. The van der Waals surface area contributed by atoms with Crippen LogP contribution in [0.25, 0.3) is 0 Å². The van der Waals surface area contributed by atoms with Gasteiger partial charge in [-0.15, -0.1) is 0 Å². The van der Waals surface area contributed by atoms with Crippen molar-refractivity contribution in [2.75, 3.05) is 26.7 Å². The molecule has 1 unspecified atom stereocenters. The van der Waals surface area contributed by atoms with Gasteiger partial charge in [0.25, 0.3) is 0 Å². The maximum absolute atomic E-state index is 10.5. The van der Waals surface area contributed by atoms with Crippen molar-refractivity contribution in [1.29, 1.82) is 0 Å². The number of aliphatic hydroxyl groups excluding tert-OH is 1. The van der Waals surface area contributed by atoms with E-state index in [1.165, 1.54) is 11.1 Å². The average Bonchev–Trinajstić information content (AvgIpc) is 2.70. The van der Waals surface area contributed by atoms with Gasteiger partial charge in [0.2, 0.25) is 0 Å². The van der Waals surface area contributed by atoms with Crippen molar-refractivity contribution in [3.05, 3.63) is 65.2 Å². The van der Waals surface area contributed by atoms with Gasteiger partial charge in [0.15, 0.2) is 5.96 Å². The first-order valence-electron chi connectivity index (χ1n) is 9.13. The van der Waals surface area contributed by atoms with E-state index in [0.29, 0.717) is 6.54 Å². The van der Waals surface area contributed by atoms with Crippen LogP contribution in [0.3, 0.4) is 0 Å². The minimum Gasteiger partial charge on any atom is -0.497 e. The molecule has 1 atom stereocenters. The molecule has 26 heavy (non-hydrogen) atoms. The number of ether oxygens (including phenoxy) is 1. The van der Waals surface area contributed by atoms with E-state index in [1.807, 2.05) is 24.3 Å². The van der Waals surface area contributed by atoms with Crippen LogP contribution in [0.5, 0.6) is 5.75 Å². The van der Waals surface area contributed by atoms with Gasteiger partial charge in [-0.05, 0) is 42.2 Å². The van der Waals surface area contributed by atoms with Crippen LogP contribution in [-0.2, 0) is 13.0 Å². The summed E-state index contributed by atoms with van der Waals surface area (Å²) in [5, 5.41) is 13.9. The van der Waals surface area contributed by atoms with Gasteiger partial charge in [-0.1, -0.05) is 36.4 Å². The van der Waals surface area contributed by atoms with E-state index < -0.39 is 6.10 Å². The fraction of sp³-hybridized carbons (Fsp3) is 0.381. The monoisotopic (exact) mass is 353 g/mol. The number of hydrogen-bond donors (Lipinski definition) is 2. The fourth-order valence-corrected chi connectivity index (χ4v) is 3.23. The molecule has 2 aromatic carbocycles. The number of guanidine groups is 1. The van der Waals surface area contributed by atoms with Crippen LogP contribution in [-0.4, -0.2) is 42.7 Å². The third-order valence-electron chi connectivity index (χ3n) is 4.66. The smallest absolute Gasteiger partial charge is 0.194 e. The lowest BCUT2D eigenvalue weighted by Gasteiger charge is -2.31. The highest BCUT2D eigenvalue weighted by atomic mass is 16.5. The van der Waals surface area contributed by atoms with Crippen LogP contribution in [0.1, 0.15) is 29.7 Å². The Balaban J connectivity index is 1.71. The first kappa shape index (κ1) is 18.3. The van der Waals surface area contributed by atoms with Crippen molar-refractivity contribution >= 4 is 5.96 Å². The van der Waals surface area contributed by atoms with E-state index in [4.69, 9.17) is 4.74 Å². The summed E-state index contributed by atoms with van der Waals surface area (Å²) in [6.45, 7) is 4.95. The Labute approximate surface area is 155 Å². The van der Waals surface area contributed by atoms with Gasteiger partial charge in [0.05, 0.1) is 19.8 Å². The predicted molar refractivity (Wildman–Crippen MR) is 104 cm³/mol. The third-order valence-corrected chi connectivity index (χ3v) is 4.66. The molecule has 1 aliphatic rings. The van der Waals surface area contributed by atoms with Crippen molar-refractivity contribution in [3.63, 3.8) is 0 Å². The second-order valence-electron chi connectivity index (χ2n) is 6.43. The van der Waals surface area contributed by atoms with Crippen molar-refractivity contribution in [3.8, 4) is 5.75 Å². The second-order valence-corrected chi connectivity index (χ2v) is 6.43. The molecule has 0 saturated heterocycles. The Bertz CT molecular complexity index is 760. The summed E-state index contributed by atoms with van der Waals surface area (Å²) in [4.78, 5) is 6.94. The number of hydrogen-bond acceptors (Lipinski definition) is 3. The molecule has 1 aliphatic heterocycles. The maximum Gasteiger partial charge on any atom is 0.194 e. The highest BCUT2D eigenvalue weighted by molar-refractivity contribution is 5.80. The second kappa shape index (κ2) is 8.72. The molecule has 0 aliphatic carbocycles. The Morgan fingerprint density at radius 2 is 2.04 bits per heavy atom. The average molecular weight is 353 g/mol. The van der Waals surface area contributed by atoms with E-state index in [1.54, 1.807) is 7.11 Å². The van der Waals surface area contributed by atoms with Gasteiger partial charge < -0.3 is 20.1 Å². The van der Waals surface area contributed by atoms with E-state index in [-0.39, 0.29) is 0 Å². The van der Waals surface area contributed by atoms with E-state index in [2.05, 4.69) is 46.4 Å². The number of aliphatic imine (C=N–C) groups is 1. The molecule has 2 aromatic rings. The lowest BCUT2D eigenvalue weighted by Crippen LogP contribution is -2.44. The summed E-state index contributed by atoms with van der Waals surface area (Å²) >= 11 is 0. The lowest BCUT2D eigenvalue weighted by atomic mass is 10.0. The minimum absolute atomic E-state index is 0.313. The molecule has 0 saturated carbocycles. The first-order chi connectivity index (χ1) is 12.7. The summed E-state index contributed by atoms with van der Waals surface area (Å²) in [5.41, 5.74) is 3.57. The molecule has 0 amide bonds. The van der Waals surface area contributed by atoms with E-state index in [9.17, 15) is 5.11 Å². The van der Waals surface area contributed by atoms with Gasteiger partial charge in [-0.2, -0.15) is 0 Å². The van der Waals surface area contributed by atoms with Crippen molar-refractivity contribution in [2.24, 2.45) is 4.99 Å². The molecule has 3 rings (SSSR count). The molecule has 0 aromatic heterocycles. The predicted octanol–water partition coefficient (Wildman–Crippen LogP) is 2.75. The highest BCUT2D eigenvalue weighted by Gasteiger charge is 2.19. The zero-order valence-corrected chi connectivity index (χ0v) is 15.5. The summed E-state index contributed by atoms with van der Waals surface area (Å²) in [5.74, 6) is 1.59. The number of nitrogens with one attached hydrogen (secondary N) is 1. The van der Waals surface area contributed by atoms with Crippen LogP contribution < -0.4 is 10.1 Å². The summed E-state index contributed by atoms with van der Waals surface area (Å²) < 4.78 is 5.23. The highest BCUT2D eigenvalue weighted by Crippen LogP contribution is 2.21. The molecule has 0 radical (unpaired) electrons. The fourth-order valence-electron chi connectivity index (χ4n) is 3.23. The number of methoxy groups -OCH3 is 1. The molecule has 138 valence electrons. The van der Waals surface area contributed by atoms with Crippen LogP contribution >= 0.6 is 0 Å². The van der Waals surface area contributed by atoms with Gasteiger partial charge in [0.1, 0.15) is 5.75 Å². The van der Waals surface area contributed by atoms with Crippen molar-refractivity contribution < 1.29 is 9.84 Å². The quantitative estimate of drug-likeness (QED) is 0.641. The van der Waals surface area contributed by atoms with E-state index in [0.717, 1.165) is 43.3 Å². The zero-order chi connectivity index (χ0) is 18.4. The first-order valence-corrected chi connectivity index (χ1v) is 9.13. The zero-order valence-electron chi connectivity index (χ0n) is 15.5. The number of rotatable bonds is 5. The molecular formula is C21H27N3O2. The number of nitrogens with zero attached hydrogens (tertiary/aromatic N) is 2. The van der Waals surface area contributed by atoms with Crippen molar-refractivity contribution in [2.45, 2.75) is 26.0 Å². The van der Waals surface area contributed by atoms with Crippen LogP contribution in [0, 0.1) is 0 Å². The SMILES string of the molecule is CCNC(=NCC(O)c1cccc(OC)c1)N1CCc2ccccc2C1. The van der Waals surface area contributed by atoms with Crippen LogP contribution in [0.2, 0.25) is 0 Å². The Hall–Kier alpha value is -2.53. The minimum atomic E-state index is -0.657. The number of benzene rings is 2. The third kappa shape index (κ3) is 4.35. The van der Waals surface area contributed by atoms with Gasteiger partial charge in [-0.25, -0.2) is 0 Å². The summed E-state index contributed by atoms with van der Waals surface area (Å²) in [6, 6.07) is 16.1.